The second kappa shape index (κ2) is 4.93. The van der Waals surface area contributed by atoms with E-state index < -0.39 is 10.0 Å². The fraction of sp³-hybridized carbons (Fsp3) is 0.273. The van der Waals surface area contributed by atoms with Gasteiger partial charge in [-0.1, -0.05) is 5.16 Å². The zero-order chi connectivity index (χ0) is 14.2. The molecule has 19 heavy (non-hydrogen) atoms. The quantitative estimate of drug-likeness (QED) is 0.864. The molecule has 0 spiro atoms. The third kappa shape index (κ3) is 2.79. The Labute approximate surface area is 119 Å². The van der Waals surface area contributed by atoms with E-state index in [2.05, 4.69) is 30.8 Å². The van der Waals surface area contributed by atoms with Gasteiger partial charge in [-0.05, 0) is 48.8 Å². The molecule has 8 heteroatoms. The Morgan fingerprint density at radius 3 is 2.42 bits per heavy atom. The predicted octanol–water partition coefficient (Wildman–Crippen LogP) is 2.56. The van der Waals surface area contributed by atoms with Gasteiger partial charge in [0.2, 0.25) is 0 Å². The van der Waals surface area contributed by atoms with E-state index in [1.807, 2.05) is 0 Å². The van der Waals surface area contributed by atoms with Gasteiger partial charge in [-0.3, -0.25) is 4.72 Å². The number of sulfonamides is 1. The first-order valence-corrected chi connectivity index (χ1v) is 7.67. The Morgan fingerprint density at radius 1 is 1.21 bits per heavy atom. The molecule has 0 saturated carbocycles. The lowest BCUT2D eigenvalue weighted by Gasteiger charge is -2.09. The first-order valence-electron chi connectivity index (χ1n) is 5.40. The van der Waals surface area contributed by atoms with Crippen molar-refractivity contribution < 1.29 is 12.9 Å². The SMILES string of the molecule is Cc1nc(Br)ccc1NS(=O)(=O)c1c(C)noc1C. The summed E-state index contributed by atoms with van der Waals surface area (Å²) < 4.78 is 32.6. The molecule has 0 aliphatic heterocycles. The summed E-state index contributed by atoms with van der Waals surface area (Å²) in [6.45, 7) is 4.86. The van der Waals surface area contributed by atoms with Crippen LogP contribution in [0.3, 0.4) is 0 Å². The van der Waals surface area contributed by atoms with Crippen molar-refractivity contribution in [2.24, 2.45) is 0 Å². The van der Waals surface area contributed by atoms with Gasteiger partial charge in [-0.25, -0.2) is 13.4 Å². The van der Waals surface area contributed by atoms with Crippen LogP contribution in [0, 0.1) is 20.8 Å². The van der Waals surface area contributed by atoms with Crippen molar-refractivity contribution in [2.75, 3.05) is 4.72 Å². The second-order valence-electron chi connectivity index (χ2n) is 4.03. The van der Waals surface area contributed by atoms with Crippen molar-refractivity contribution in [1.29, 1.82) is 0 Å². The lowest BCUT2D eigenvalue weighted by Crippen LogP contribution is -2.15. The van der Waals surface area contributed by atoms with Crippen LogP contribution in [0.25, 0.3) is 0 Å². The van der Waals surface area contributed by atoms with E-state index in [-0.39, 0.29) is 10.7 Å². The molecule has 0 aromatic carbocycles. The molecular weight excluding hydrogens is 334 g/mol. The molecule has 1 N–H and O–H groups in total. The summed E-state index contributed by atoms with van der Waals surface area (Å²) in [7, 11) is -3.73. The number of hydrogen-bond donors (Lipinski definition) is 1. The number of aryl methyl sites for hydroxylation is 3. The van der Waals surface area contributed by atoms with Crippen LogP contribution in [0.1, 0.15) is 17.1 Å². The van der Waals surface area contributed by atoms with Crippen LogP contribution >= 0.6 is 15.9 Å². The minimum absolute atomic E-state index is 0.0646. The number of aromatic nitrogens is 2. The number of nitrogens with zero attached hydrogens (tertiary/aromatic N) is 2. The van der Waals surface area contributed by atoms with Gasteiger partial charge in [0.25, 0.3) is 10.0 Å². The lowest BCUT2D eigenvalue weighted by atomic mass is 10.3. The maximum absolute atomic E-state index is 12.3. The Balaban J connectivity index is 2.42. The third-order valence-corrected chi connectivity index (χ3v) is 4.58. The lowest BCUT2D eigenvalue weighted by molar-refractivity contribution is 0.390. The van der Waals surface area contributed by atoms with Gasteiger partial charge in [0, 0.05) is 0 Å². The van der Waals surface area contributed by atoms with Gasteiger partial charge in [-0.15, -0.1) is 0 Å². The van der Waals surface area contributed by atoms with Gasteiger partial charge in [0.1, 0.15) is 10.3 Å². The molecule has 0 aliphatic rings. The monoisotopic (exact) mass is 345 g/mol. The molecule has 2 aromatic rings. The Bertz CT molecular complexity index is 705. The number of hydrogen-bond acceptors (Lipinski definition) is 5. The van der Waals surface area contributed by atoms with Crippen molar-refractivity contribution in [3.63, 3.8) is 0 Å². The molecule has 0 amide bonds. The highest BCUT2D eigenvalue weighted by Gasteiger charge is 2.24. The summed E-state index contributed by atoms with van der Waals surface area (Å²) in [5, 5.41) is 3.64. The molecule has 0 unspecified atom stereocenters. The van der Waals surface area contributed by atoms with E-state index in [1.165, 1.54) is 0 Å². The van der Waals surface area contributed by atoms with Crippen LogP contribution < -0.4 is 4.72 Å². The Hall–Kier alpha value is -1.41. The third-order valence-electron chi connectivity index (χ3n) is 2.53. The summed E-state index contributed by atoms with van der Waals surface area (Å²) in [6.07, 6.45) is 0. The molecular formula is C11H12BrN3O3S. The van der Waals surface area contributed by atoms with Gasteiger partial charge < -0.3 is 4.52 Å². The van der Waals surface area contributed by atoms with Crippen molar-refractivity contribution in [2.45, 2.75) is 25.7 Å². The van der Waals surface area contributed by atoms with Crippen LogP contribution in [0.15, 0.2) is 26.2 Å². The van der Waals surface area contributed by atoms with Gasteiger partial charge >= 0.3 is 0 Å². The average Bonchev–Trinajstić information content (AvgIpc) is 2.63. The second-order valence-corrected chi connectivity index (χ2v) is 6.46. The van der Waals surface area contributed by atoms with Crippen LogP contribution in [-0.4, -0.2) is 18.6 Å². The number of halogens is 1. The minimum Gasteiger partial charge on any atom is -0.360 e. The average molecular weight is 346 g/mol. The fourth-order valence-corrected chi connectivity index (χ4v) is 3.54. The predicted molar refractivity (Wildman–Crippen MR) is 73.5 cm³/mol. The minimum atomic E-state index is -3.73. The molecule has 2 aromatic heterocycles. The molecule has 0 fully saturated rings. The molecule has 2 heterocycles. The van der Waals surface area contributed by atoms with E-state index in [4.69, 9.17) is 4.52 Å². The van der Waals surface area contributed by atoms with E-state index >= 15 is 0 Å². The maximum Gasteiger partial charge on any atom is 0.267 e. The zero-order valence-corrected chi connectivity index (χ0v) is 13.0. The van der Waals surface area contributed by atoms with Crippen molar-refractivity contribution in [3.05, 3.63) is 33.9 Å². The molecule has 0 aliphatic carbocycles. The number of pyridine rings is 1. The summed E-state index contributed by atoms with van der Waals surface area (Å²) in [6, 6.07) is 3.31. The Kier molecular flexibility index (Phi) is 3.64. The molecule has 6 nitrogen and oxygen atoms in total. The molecule has 0 radical (unpaired) electrons. The summed E-state index contributed by atoms with van der Waals surface area (Å²) in [4.78, 5) is 4.20. The first-order chi connectivity index (χ1) is 8.81. The zero-order valence-electron chi connectivity index (χ0n) is 10.6. The molecule has 0 saturated heterocycles. The van der Waals surface area contributed by atoms with Gasteiger partial charge in [0.05, 0.1) is 11.4 Å². The van der Waals surface area contributed by atoms with Crippen molar-refractivity contribution >= 4 is 31.6 Å². The van der Waals surface area contributed by atoms with Crippen molar-refractivity contribution in [1.82, 2.24) is 10.1 Å². The summed E-state index contributed by atoms with van der Waals surface area (Å²) >= 11 is 3.22. The number of nitrogens with one attached hydrogen (secondary N) is 1. The molecule has 2 rings (SSSR count). The Morgan fingerprint density at radius 2 is 1.89 bits per heavy atom. The van der Waals surface area contributed by atoms with E-state index in [1.54, 1.807) is 32.9 Å². The van der Waals surface area contributed by atoms with Crippen LogP contribution in [0.5, 0.6) is 0 Å². The first kappa shape index (κ1) is 14.0. The van der Waals surface area contributed by atoms with Crippen LogP contribution in [-0.2, 0) is 10.0 Å². The fourth-order valence-electron chi connectivity index (χ4n) is 1.69. The van der Waals surface area contributed by atoms with Crippen molar-refractivity contribution in [3.8, 4) is 0 Å². The van der Waals surface area contributed by atoms with E-state index in [0.29, 0.717) is 21.7 Å². The number of rotatable bonds is 3. The highest BCUT2D eigenvalue weighted by Crippen LogP contribution is 2.24. The van der Waals surface area contributed by atoms with Gasteiger partial charge in [0.15, 0.2) is 10.7 Å². The summed E-state index contributed by atoms with van der Waals surface area (Å²) in [5.74, 6) is 0.257. The standard InChI is InChI=1S/C11H12BrN3O3S/c1-6-9(4-5-10(12)13-6)15-19(16,17)11-7(2)14-18-8(11)3/h4-5,15H,1-3H3. The highest BCUT2D eigenvalue weighted by molar-refractivity contribution is 9.10. The topological polar surface area (TPSA) is 85.1 Å². The number of anilines is 1. The largest absolute Gasteiger partial charge is 0.360 e. The van der Waals surface area contributed by atoms with E-state index in [9.17, 15) is 8.42 Å². The maximum atomic E-state index is 12.3. The smallest absolute Gasteiger partial charge is 0.267 e. The van der Waals surface area contributed by atoms with Crippen LogP contribution in [0.4, 0.5) is 5.69 Å². The molecule has 0 atom stereocenters. The summed E-state index contributed by atoms with van der Waals surface area (Å²) in [5.41, 5.74) is 1.32. The van der Waals surface area contributed by atoms with Gasteiger partial charge in [-0.2, -0.15) is 0 Å². The van der Waals surface area contributed by atoms with Crippen LogP contribution in [0.2, 0.25) is 0 Å². The normalized spacial score (nSPS) is 11.6. The van der Waals surface area contributed by atoms with E-state index in [0.717, 1.165) is 0 Å². The molecule has 0 bridgehead atoms. The molecule has 102 valence electrons. The highest BCUT2D eigenvalue weighted by atomic mass is 79.9.